The Labute approximate surface area is 146 Å². The first-order valence-electron chi connectivity index (χ1n) is 7.97. The van der Waals surface area contributed by atoms with Crippen molar-refractivity contribution in [1.29, 1.82) is 0 Å². The SMILES string of the molecule is CCNC(=O)[C@H]1Cc2ccccc2N1S(=O)(=O)c1ccc(CC)s1. The molecular weight excluding hydrogens is 344 g/mol. The number of aryl methyl sites for hydroxylation is 1. The van der Waals surface area contributed by atoms with Gasteiger partial charge in [-0.2, -0.15) is 0 Å². The molecule has 2 aromatic rings. The Hall–Kier alpha value is -1.86. The molecule has 1 aromatic carbocycles. The number of nitrogens with zero attached hydrogens (tertiary/aromatic N) is 1. The third-order valence-corrected chi connectivity index (χ3v) is 7.60. The van der Waals surface area contributed by atoms with E-state index in [0.717, 1.165) is 16.9 Å². The van der Waals surface area contributed by atoms with Crippen molar-refractivity contribution < 1.29 is 13.2 Å². The number of hydrogen-bond donors (Lipinski definition) is 1. The van der Waals surface area contributed by atoms with E-state index in [1.54, 1.807) is 18.2 Å². The Morgan fingerprint density at radius 1 is 1.25 bits per heavy atom. The van der Waals surface area contributed by atoms with Crippen LogP contribution in [0.2, 0.25) is 0 Å². The van der Waals surface area contributed by atoms with Gasteiger partial charge in [-0.1, -0.05) is 25.1 Å². The van der Waals surface area contributed by atoms with E-state index >= 15 is 0 Å². The highest BCUT2D eigenvalue weighted by Gasteiger charge is 2.42. The van der Waals surface area contributed by atoms with Gasteiger partial charge in [-0.15, -0.1) is 11.3 Å². The van der Waals surface area contributed by atoms with Crippen molar-refractivity contribution in [3.05, 3.63) is 46.8 Å². The number of likely N-dealkylation sites (N-methyl/N-ethyl adjacent to an activating group) is 1. The number of fused-ring (bicyclic) bond motifs is 1. The molecule has 7 heteroatoms. The second-order valence-electron chi connectivity index (χ2n) is 5.62. The smallest absolute Gasteiger partial charge is 0.274 e. The predicted octanol–water partition coefficient (Wildman–Crippen LogP) is 2.57. The van der Waals surface area contributed by atoms with Crippen molar-refractivity contribution >= 4 is 33.0 Å². The summed E-state index contributed by atoms with van der Waals surface area (Å²) in [6.07, 6.45) is 1.18. The Morgan fingerprint density at radius 2 is 2.00 bits per heavy atom. The number of benzene rings is 1. The molecule has 128 valence electrons. The summed E-state index contributed by atoms with van der Waals surface area (Å²) < 4.78 is 28.0. The maximum atomic E-state index is 13.2. The van der Waals surface area contributed by atoms with E-state index in [1.165, 1.54) is 15.6 Å². The minimum atomic E-state index is -3.76. The lowest BCUT2D eigenvalue weighted by Gasteiger charge is -2.25. The number of sulfonamides is 1. The molecule has 0 radical (unpaired) electrons. The first-order valence-corrected chi connectivity index (χ1v) is 10.2. The Balaban J connectivity index is 2.08. The van der Waals surface area contributed by atoms with Crippen LogP contribution in [0.1, 0.15) is 24.3 Å². The fraction of sp³-hybridized carbons (Fsp3) is 0.353. The zero-order valence-electron chi connectivity index (χ0n) is 13.7. The Morgan fingerprint density at radius 3 is 2.67 bits per heavy atom. The van der Waals surface area contributed by atoms with Crippen LogP contribution in [-0.2, 0) is 27.7 Å². The van der Waals surface area contributed by atoms with Crippen molar-refractivity contribution in [2.45, 2.75) is 36.9 Å². The van der Waals surface area contributed by atoms with Crippen LogP contribution in [0.15, 0.2) is 40.6 Å². The van der Waals surface area contributed by atoms with E-state index in [0.29, 0.717) is 18.7 Å². The molecule has 24 heavy (non-hydrogen) atoms. The third kappa shape index (κ3) is 2.82. The standard InChI is InChI=1S/C17H20N2O3S2/c1-3-13-9-10-16(23-13)24(21,22)19-14-8-6-5-7-12(14)11-15(19)17(20)18-4-2/h5-10,15H,3-4,11H2,1-2H3,(H,18,20)/t15-/m1/s1. The fourth-order valence-electron chi connectivity index (χ4n) is 2.93. The highest BCUT2D eigenvalue weighted by atomic mass is 32.2. The highest BCUT2D eigenvalue weighted by molar-refractivity contribution is 7.94. The number of amides is 1. The van der Waals surface area contributed by atoms with Crippen LogP contribution in [0.4, 0.5) is 5.69 Å². The van der Waals surface area contributed by atoms with E-state index in [4.69, 9.17) is 0 Å². The molecule has 0 bridgehead atoms. The highest BCUT2D eigenvalue weighted by Crippen LogP contribution is 2.38. The zero-order valence-corrected chi connectivity index (χ0v) is 15.3. The van der Waals surface area contributed by atoms with Gasteiger partial charge in [0.05, 0.1) is 5.69 Å². The lowest BCUT2D eigenvalue weighted by Crippen LogP contribution is -2.47. The van der Waals surface area contributed by atoms with E-state index in [2.05, 4.69) is 5.32 Å². The summed E-state index contributed by atoms with van der Waals surface area (Å²) in [4.78, 5) is 13.5. The van der Waals surface area contributed by atoms with Crippen molar-refractivity contribution in [3.8, 4) is 0 Å². The molecule has 0 fully saturated rings. The third-order valence-electron chi connectivity index (χ3n) is 4.08. The van der Waals surface area contributed by atoms with E-state index in [1.807, 2.05) is 32.0 Å². The summed E-state index contributed by atoms with van der Waals surface area (Å²) >= 11 is 1.27. The maximum Gasteiger partial charge on any atom is 0.274 e. The molecular formula is C17H20N2O3S2. The number of thiophene rings is 1. The summed E-state index contributed by atoms with van der Waals surface area (Å²) in [5, 5.41) is 2.75. The van der Waals surface area contributed by atoms with Gasteiger partial charge >= 0.3 is 0 Å². The van der Waals surface area contributed by atoms with Crippen LogP contribution < -0.4 is 9.62 Å². The molecule has 0 spiro atoms. The van der Waals surface area contributed by atoms with Crippen molar-refractivity contribution in [2.75, 3.05) is 10.8 Å². The lowest BCUT2D eigenvalue weighted by atomic mass is 10.1. The number of anilines is 1. The molecule has 0 unspecified atom stereocenters. The van der Waals surface area contributed by atoms with Gasteiger partial charge in [0.2, 0.25) is 5.91 Å². The van der Waals surface area contributed by atoms with E-state index in [-0.39, 0.29) is 10.1 Å². The number of nitrogens with one attached hydrogen (secondary N) is 1. The largest absolute Gasteiger partial charge is 0.355 e. The maximum absolute atomic E-state index is 13.2. The number of rotatable bonds is 5. The van der Waals surface area contributed by atoms with Crippen LogP contribution in [-0.4, -0.2) is 26.9 Å². The molecule has 1 aliphatic rings. The Bertz CT molecular complexity index is 858. The number of carbonyl (C=O) groups excluding carboxylic acids is 1. The van der Waals surface area contributed by atoms with Gasteiger partial charge in [-0.25, -0.2) is 8.42 Å². The fourth-order valence-corrected chi connectivity index (χ4v) is 5.96. The Kier molecular flexibility index (Phi) is 4.64. The van der Waals surface area contributed by atoms with Gasteiger partial charge in [0.15, 0.2) is 0 Å². The molecule has 1 atom stereocenters. The van der Waals surface area contributed by atoms with Crippen molar-refractivity contribution in [3.63, 3.8) is 0 Å². The molecule has 0 aliphatic carbocycles. The van der Waals surface area contributed by atoms with Crippen LogP contribution in [0, 0.1) is 0 Å². The second kappa shape index (κ2) is 6.57. The minimum Gasteiger partial charge on any atom is -0.355 e. The summed E-state index contributed by atoms with van der Waals surface area (Å²) in [6.45, 7) is 4.29. The van der Waals surface area contributed by atoms with Gasteiger partial charge < -0.3 is 5.32 Å². The monoisotopic (exact) mass is 364 g/mol. The molecule has 3 rings (SSSR count). The molecule has 0 saturated heterocycles. The average molecular weight is 364 g/mol. The summed E-state index contributed by atoms with van der Waals surface area (Å²) in [6, 6.07) is 10.0. The van der Waals surface area contributed by atoms with Crippen LogP contribution in [0.3, 0.4) is 0 Å². The van der Waals surface area contributed by atoms with Gasteiger partial charge in [0.25, 0.3) is 10.0 Å². The quantitative estimate of drug-likeness (QED) is 0.887. The van der Waals surface area contributed by atoms with Gasteiger partial charge in [-0.05, 0) is 37.1 Å². The molecule has 2 heterocycles. The van der Waals surface area contributed by atoms with Crippen LogP contribution >= 0.6 is 11.3 Å². The first-order chi connectivity index (χ1) is 11.5. The van der Waals surface area contributed by atoms with Gasteiger partial charge in [0, 0.05) is 17.8 Å². The number of carbonyl (C=O) groups is 1. The molecule has 0 saturated carbocycles. The zero-order chi connectivity index (χ0) is 17.3. The topological polar surface area (TPSA) is 66.5 Å². The molecule has 1 aromatic heterocycles. The van der Waals surface area contributed by atoms with Crippen molar-refractivity contribution in [1.82, 2.24) is 5.32 Å². The number of hydrogen-bond acceptors (Lipinski definition) is 4. The average Bonchev–Trinajstić information content (AvgIpc) is 3.20. The predicted molar refractivity (Wildman–Crippen MR) is 96.0 cm³/mol. The number of para-hydroxylation sites is 1. The summed E-state index contributed by atoms with van der Waals surface area (Å²) in [7, 11) is -3.76. The summed E-state index contributed by atoms with van der Waals surface area (Å²) in [5.74, 6) is -0.260. The minimum absolute atomic E-state index is 0.260. The molecule has 1 N–H and O–H groups in total. The van der Waals surface area contributed by atoms with E-state index < -0.39 is 16.1 Å². The summed E-state index contributed by atoms with van der Waals surface area (Å²) in [5.41, 5.74) is 1.48. The second-order valence-corrected chi connectivity index (χ2v) is 8.83. The lowest BCUT2D eigenvalue weighted by molar-refractivity contribution is -0.121. The van der Waals surface area contributed by atoms with Crippen molar-refractivity contribution in [2.24, 2.45) is 0 Å². The molecule has 5 nitrogen and oxygen atoms in total. The van der Waals surface area contributed by atoms with Gasteiger partial charge in [-0.3, -0.25) is 9.10 Å². The molecule has 1 aliphatic heterocycles. The van der Waals surface area contributed by atoms with E-state index in [9.17, 15) is 13.2 Å². The first kappa shape index (κ1) is 17.0. The molecule has 1 amide bonds. The van der Waals surface area contributed by atoms with Gasteiger partial charge in [0.1, 0.15) is 10.3 Å². The van der Waals surface area contributed by atoms with Crippen LogP contribution in [0.25, 0.3) is 0 Å². The normalized spacial score (nSPS) is 16.9. The van der Waals surface area contributed by atoms with Crippen LogP contribution in [0.5, 0.6) is 0 Å².